The molecule has 74 valence electrons. The van der Waals surface area contributed by atoms with Crippen LogP contribution in [0.5, 0.6) is 0 Å². The zero-order chi connectivity index (χ0) is 9.90. The first-order chi connectivity index (χ1) is 6.03. The molecule has 2 nitrogen and oxygen atoms in total. The Hall–Kier alpha value is -0.790. The highest BCUT2D eigenvalue weighted by Gasteiger charge is 2.28. The molecule has 13 heavy (non-hydrogen) atoms. The molecule has 1 rings (SSSR count). The Morgan fingerprint density at radius 3 is 2.46 bits per heavy atom. The maximum absolute atomic E-state index is 10.9. The van der Waals surface area contributed by atoms with E-state index in [0.717, 1.165) is 25.7 Å². The molecule has 0 radical (unpaired) electrons. The highest BCUT2D eigenvalue weighted by Crippen LogP contribution is 2.36. The van der Waals surface area contributed by atoms with Gasteiger partial charge in [0.25, 0.3) is 0 Å². The fourth-order valence-electron chi connectivity index (χ4n) is 1.70. The SMILES string of the molecule is C=CC(=O)OC1CCC(C)(C)CC1. The normalized spacial score (nSPS) is 22.3. The summed E-state index contributed by atoms with van der Waals surface area (Å²) in [6, 6.07) is 0. The molecule has 0 aromatic rings. The van der Waals surface area contributed by atoms with Crippen molar-refractivity contribution in [2.45, 2.75) is 45.6 Å². The van der Waals surface area contributed by atoms with Gasteiger partial charge in [-0.05, 0) is 31.1 Å². The lowest BCUT2D eigenvalue weighted by atomic mass is 9.76. The van der Waals surface area contributed by atoms with E-state index in [1.165, 1.54) is 6.08 Å². The summed E-state index contributed by atoms with van der Waals surface area (Å²) < 4.78 is 5.18. The maximum Gasteiger partial charge on any atom is 0.330 e. The van der Waals surface area contributed by atoms with Crippen LogP contribution in [0.3, 0.4) is 0 Å². The molecule has 0 saturated heterocycles. The summed E-state index contributed by atoms with van der Waals surface area (Å²) in [4.78, 5) is 10.9. The van der Waals surface area contributed by atoms with Gasteiger partial charge in [-0.2, -0.15) is 0 Å². The number of ether oxygens (including phenoxy) is 1. The number of hydrogen-bond donors (Lipinski definition) is 0. The van der Waals surface area contributed by atoms with Crippen molar-refractivity contribution < 1.29 is 9.53 Å². The van der Waals surface area contributed by atoms with E-state index in [0.29, 0.717) is 5.41 Å². The molecule has 0 heterocycles. The molecule has 2 heteroatoms. The highest BCUT2D eigenvalue weighted by molar-refractivity contribution is 5.81. The summed E-state index contributed by atoms with van der Waals surface area (Å²) in [7, 11) is 0. The Morgan fingerprint density at radius 2 is 2.00 bits per heavy atom. The van der Waals surface area contributed by atoms with Crippen LogP contribution in [-0.2, 0) is 9.53 Å². The highest BCUT2D eigenvalue weighted by atomic mass is 16.5. The van der Waals surface area contributed by atoms with Gasteiger partial charge in [-0.1, -0.05) is 20.4 Å². The van der Waals surface area contributed by atoms with Gasteiger partial charge < -0.3 is 4.74 Å². The van der Waals surface area contributed by atoms with Gasteiger partial charge in [0.05, 0.1) is 0 Å². The van der Waals surface area contributed by atoms with Crippen molar-refractivity contribution in [2.24, 2.45) is 5.41 Å². The number of carbonyl (C=O) groups excluding carboxylic acids is 1. The molecule has 0 amide bonds. The molecule has 0 N–H and O–H groups in total. The molecular formula is C11H18O2. The number of hydrogen-bond acceptors (Lipinski definition) is 2. The summed E-state index contributed by atoms with van der Waals surface area (Å²) in [6.45, 7) is 7.91. The van der Waals surface area contributed by atoms with Crippen molar-refractivity contribution in [3.8, 4) is 0 Å². The van der Waals surface area contributed by atoms with Crippen molar-refractivity contribution in [1.82, 2.24) is 0 Å². The Balaban J connectivity index is 2.33. The van der Waals surface area contributed by atoms with Crippen LogP contribution in [0, 0.1) is 5.41 Å². The monoisotopic (exact) mass is 182 g/mol. The van der Waals surface area contributed by atoms with E-state index in [1.54, 1.807) is 0 Å². The molecule has 0 atom stereocenters. The number of esters is 1. The molecular weight excluding hydrogens is 164 g/mol. The summed E-state index contributed by atoms with van der Waals surface area (Å²) >= 11 is 0. The molecule has 0 bridgehead atoms. The number of rotatable bonds is 2. The largest absolute Gasteiger partial charge is 0.459 e. The Morgan fingerprint density at radius 1 is 1.46 bits per heavy atom. The minimum Gasteiger partial charge on any atom is -0.459 e. The molecule has 0 spiro atoms. The van der Waals surface area contributed by atoms with Crippen LogP contribution in [0.2, 0.25) is 0 Å². The van der Waals surface area contributed by atoms with Gasteiger partial charge >= 0.3 is 5.97 Å². The van der Waals surface area contributed by atoms with Crippen LogP contribution in [0.15, 0.2) is 12.7 Å². The van der Waals surface area contributed by atoms with E-state index in [-0.39, 0.29) is 12.1 Å². The van der Waals surface area contributed by atoms with E-state index < -0.39 is 0 Å². The molecule has 1 aliphatic carbocycles. The molecule has 0 aromatic carbocycles. The van der Waals surface area contributed by atoms with Gasteiger partial charge in [0.1, 0.15) is 6.10 Å². The van der Waals surface area contributed by atoms with Crippen LogP contribution in [0.25, 0.3) is 0 Å². The third-order valence-corrected chi connectivity index (χ3v) is 2.74. The predicted octanol–water partition coefficient (Wildman–Crippen LogP) is 2.68. The maximum atomic E-state index is 10.9. The van der Waals surface area contributed by atoms with Gasteiger partial charge in [-0.15, -0.1) is 0 Å². The van der Waals surface area contributed by atoms with Crippen molar-refractivity contribution in [1.29, 1.82) is 0 Å². The van der Waals surface area contributed by atoms with E-state index in [1.807, 2.05) is 0 Å². The van der Waals surface area contributed by atoms with Gasteiger partial charge in [0, 0.05) is 6.08 Å². The smallest absolute Gasteiger partial charge is 0.330 e. The van der Waals surface area contributed by atoms with Gasteiger partial charge in [0.15, 0.2) is 0 Å². The Kier molecular flexibility index (Phi) is 3.12. The van der Waals surface area contributed by atoms with Crippen LogP contribution >= 0.6 is 0 Å². The molecule has 1 saturated carbocycles. The van der Waals surface area contributed by atoms with Crippen LogP contribution in [-0.4, -0.2) is 12.1 Å². The van der Waals surface area contributed by atoms with Crippen molar-refractivity contribution in [3.05, 3.63) is 12.7 Å². The summed E-state index contributed by atoms with van der Waals surface area (Å²) in [6.07, 6.45) is 5.63. The van der Waals surface area contributed by atoms with Crippen molar-refractivity contribution >= 4 is 5.97 Å². The minimum absolute atomic E-state index is 0.124. The Bertz CT molecular complexity index is 196. The third-order valence-electron chi connectivity index (χ3n) is 2.74. The fraction of sp³-hybridized carbons (Fsp3) is 0.727. The molecule has 0 aromatic heterocycles. The van der Waals surface area contributed by atoms with Crippen LogP contribution in [0.1, 0.15) is 39.5 Å². The zero-order valence-corrected chi connectivity index (χ0v) is 8.51. The fourth-order valence-corrected chi connectivity index (χ4v) is 1.70. The standard InChI is InChI=1S/C11H18O2/c1-4-10(12)13-9-5-7-11(2,3)8-6-9/h4,9H,1,5-8H2,2-3H3. The van der Waals surface area contributed by atoms with E-state index in [2.05, 4.69) is 20.4 Å². The summed E-state index contributed by atoms with van der Waals surface area (Å²) in [5, 5.41) is 0. The minimum atomic E-state index is -0.287. The molecule has 0 aliphatic heterocycles. The molecule has 1 fully saturated rings. The topological polar surface area (TPSA) is 26.3 Å². The van der Waals surface area contributed by atoms with E-state index in [4.69, 9.17) is 4.74 Å². The Labute approximate surface area is 80.0 Å². The summed E-state index contributed by atoms with van der Waals surface area (Å²) in [5.41, 5.74) is 0.428. The second kappa shape index (κ2) is 3.95. The van der Waals surface area contributed by atoms with E-state index >= 15 is 0 Å². The van der Waals surface area contributed by atoms with Gasteiger partial charge in [-0.3, -0.25) is 0 Å². The average Bonchev–Trinajstić information content (AvgIpc) is 2.08. The van der Waals surface area contributed by atoms with Crippen molar-refractivity contribution in [2.75, 3.05) is 0 Å². The second-order valence-corrected chi connectivity index (χ2v) is 4.50. The third kappa shape index (κ3) is 3.21. The summed E-state index contributed by atoms with van der Waals surface area (Å²) in [5.74, 6) is -0.287. The zero-order valence-electron chi connectivity index (χ0n) is 8.51. The molecule has 1 aliphatic rings. The van der Waals surface area contributed by atoms with Gasteiger partial charge in [-0.25, -0.2) is 4.79 Å². The predicted molar refractivity (Wildman–Crippen MR) is 52.3 cm³/mol. The van der Waals surface area contributed by atoms with E-state index in [9.17, 15) is 4.79 Å². The lowest BCUT2D eigenvalue weighted by Gasteiger charge is -2.33. The molecule has 0 unspecified atom stereocenters. The van der Waals surface area contributed by atoms with Crippen LogP contribution < -0.4 is 0 Å². The van der Waals surface area contributed by atoms with Crippen LogP contribution in [0.4, 0.5) is 0 Å². The first kappa shape index (κ1) is 10.3. The quantitative estimate of drug-likeness (QED) is 0.485. The number of carbonyl (C=O) groups is 1. The average molecular weight is 182 g/mol. The van der Waals surface area contributed by atoms with Gasteiger partial charge in [0.2, 0.25) is 0 Å². The first-order valence-electron chi connectivity index (χ1n) is 4.86. The lowest BCUT2D eigenvalue weighted by molar-refractivity contribution is -0.145. The second-order valence-electron chi connectivity index (χ2n) is 4.50. The first-order valence-corrected chi connectivity index (χ1v) is 4.86. The van der Waals surface area contributed by atoms with Crippen molar-refractivity contribution in [3.63, 3.8) is 0 Å². The lowest BCUT2D eigenvalue weighted by Crippen LogP contribution is -2.27.